The van der Waals surface area contributed by atoms with E-state index in [0.717, 1.165) is 55.2 Å². The summed E-state index contributed by atoms with van der Waals surface area (Å²) >= 11 is 0. The summed E-state index contributed by atoms with van der Waals surface area (Å²) in [4.78, 5) is 24.0. The summed E-state index contributed by atoms with van der Waals surface area (Å²) in [6, 6.07) is 0. The van der Waals surface area contributed by atoms with Crippen LogP contribution in [0.3, 0.4) is 0 Å². The molecule has 3 heterocycles. The van der Waals surface area contributed by atoms with Gasteiger partial charge in [-0.05, 0) is 57.8 Å². The van der Waals surface area contributed by atoms with Crippen LogP contribution in [0.5, 0.6) is 0 Å². The molecule has 7 heteroatoms. The number of aryl methyl sites for hydroxylation is 2. The summed E-state index contributed by atoms with van der Waals surface area (Å²) in [6.07, 6.45) is 11.4. The van der Waals surface area contributed by atoms with Crippen molar-refractivity contribution in [1.29, 1.82) is 0 Å². The van der Waals surface area contributed by atoms with Crippen molar-refractivity contribution in [2.24, 2.45) is 5.92 Å². The largest absolute Gasteiger partial charge is 0.356 e. The van der Waals surface area contributed by atoms with Gasteiger partial charge in [0.25, 0.3) is 5.71 Å². The molecule has 2 aromatic heterocycles. The number of nitrogens with zero attached hydrogens (tertiary/aromatic N) is 4. The molecular weight excluding hydrogens is 378 g/mol. The lowest BCUT2D eigenvalue weighted by Gasteiger charge is -2.31. The summed E-state index contributed by atoms with van der Waals surface area (Å²) in [6.45, 7) is 6.90. The van der Waals surface area contributed by atoms with Gasteiger partial charge in [-0.2, -0.15) is 4.98 Å². The van der Waals surface area contributed by atoms with E-state index in [9.17, 15) is 4.79 Å². The minimum absolute atomic E-state index is 0.0530. The van der Waals surface area contributed by atoms with Crippen LogP contribution in [0.15, 0.2) is 16.2 Å². The van der Waals surface area contributed by atoms with Gasteiger partial charge >= 0.3 is 0 Å². The summed E-state index contributed by atoms with van der Waals surface area (Å²) in [5.74, 6) is 2.36. The lowest BCUT2D eigenvalue weighted by Crippen LogP contribution is -2.34. The van der Waals surface area contributed by atoms with Crippen molar-refractivity contribution in [1.82, 2.24) is 20.4 Å². The fourth-order valence-corrected chi connectivity index (χ4v) is 4.38. The van der Waals surface area contributed by atoms with E-state index in [0.29, 0.717) is 30.9 Å². The zero-order valence-corrected chi connectivity index (χ0v) is 18.2. The Morgan fingerprint density at radius 3 is 2.83 bits per heavy atom. The lowest BCUT2D eigenvalue weighted by molar-refractivity contribution is -0.121. The predicted octanol–water partition coefficient (Wildman–Crippen LogP) is 4.10. The maximum absolute atomic E-state index is 12.3. The van der Waals surface area contributed by atoms with E-state index in [1.165, 1.54) is 31.3 Å². The van der Waals surface area contributed by atoms with Crippen molar-refractivity contribution >= 4 is 22.8 Å². The third-order valence-corrected chi connectivity index (χ3v) is 6.35. The number of piperidine rings is 1. The second kappa shape index (κ2) is 9.58. The predicted molar refractivity (Wildman–Crippen MR) is 117 cm³/mol. The molecule has 1 N–H and O–H groups in total. The zero-order chi connectivity index (χ0) is 20.9. The molecule has 0 spiro atoms. The standard InChI is InChI=1S/C23H33N5O2/c1-16-11-14-28(15-12-16)22-21-17(2)27-30-23(21)26-19(25-22)8-9-20(29)24-13-10-18-6-4-3-5-7-18/h6,16H,3-5,7-15H2,1-2H3,(H,24,29). The van der Waals surface area contributed by atoms with Crippen LogP contribution < -0.4 is 10.2 Å². The minimum Gasteiger partial charge on any atom is -0.356 e. The summed E-state index contributed by atoms with van der Waals surface area (Å²) in [5.41, 5.74) is 2.83. The lowest BCUT2D eigenvalue weighted by atomic mass is 9.97. The molecule has 0 aromatic carbocycles. The summed E-state index contributed by atoms with van der Waals surface area (Å²) in [5, 5.41) is 8.04. The molecule has 1 aliphatic heterocycles. The highest BCUT2D eigenvalue weighted by atomic mass is 16.5. The maximum atomic E-state index is 12.3. The third kappa shape index (κ3) is 4.99. The van der Waals surface area contributed by atoms with E-state index in [4.69, 9.17) is 9.51 Å². The monoisotopic (exact) mass is 411 g/mol. The molecule has 2 aromatic rings. The average Bonchev–Trinajstić information content (AvgIpc) is 3.14. The van der Waals surface area contributed by atoms with Gasteiger partial charge in [-0.1, -0.05) is 23.7 Å². The first-order valence-electron chi connectivity index (χ1n) is 11.4. The molecule has 1 amide bonds. The highest BCUT2D eigenvalue weighted by molar-refractivity contribution is 5.88. The fourth-order valence-electron chi connectivity index (χ4n) is 4.38. The molecule has 0 bridgehead atoms. The van der Waals surface area contributed by atoms with Gasteiger partial charge in [0.2, 0.25) is 5.91 Å². The smallest absolute Gasteiger partial charge is 0.263 e. The van der Waals surface area contributed by atoms with E-state index >= 15 is 0 Å². The first kappa shape index (κ1) is 20.8. The minimum atomic E-state index is 0.0530. The molecule has 30 heavy (non-hydrogen) atoms. The average molecular weight is 412 g/mol. The van der Waals surface area contributed by atoms with E-state index in [-0.39, 0.29) is 5.91 Å². The normalized spacial score (nSPS) is 17.9. The molecule has 0 unspecified atom stereocenters. The van der Waals surface area contributed by atoms with Crippen molar-refractivity contribution in [2.45, 2.75) is 71.6 Å². The third-order valence-electron chi connectivity index (χ3n) is 6.35. The second-order valence-corrected chi connectivity index (χ2v) is 8.79. The number of carbonyl (C=O) groups excluding carboxylic acids is 1. The Hall–Kier alpha value is -2.44. The summed E-state index contributed by atoms with van der Waals surface area (Å²) in [7, 11) is 0. The number of nitrogens with one attached hydrogen (secondary N) is 1. The number of carbonyl (C=O) groups is 1. The number of aromatic nitrogens is 3. The molecule has 0 saturated carbocycles. The molecule has 2 aliphatic rings. The topological polar surface area (TPSA) is 84.1 Å². The van der Waals surface area contributed by atoms with E-state index in [1.54, 1.807) is 0 Å². The van der Waals surface area contributed by atoms with Gasteiger partial charge in [0, 0.05) is 32.5 Å². The van der Waals surface area contributed by atoms with Crippen molar-refractivity contribution in [2.75, 3.05) is 24.5 Å². The highest BCUT2D eigenvalue weighted by Crippen LogP contribution is 2.30. The Bertz CT molecular complexity index is 912. The van der Waals surface area contributed by atoms with E-state index in [2.05, 4.69) is 33.4 Å². The van der Waals surface area contributed by atoms with Gasteiger partial charge in [-0.15, -0.1) is 0 Å². The van der Waals surface area contributed by atoms with Crippen LogP contribution in [-0.2, 0) is 11.2 Å². The molecular formula is C23H33N5O2. The van der Waals surface area contributed by atoms with Crippen LogP contribution in [0.1, 0.15) is 69.8 Å². The van der Waals surface area contributed by atoms with E-state index < -0.39 is 0 Å². The van der Waals surface area contributed by atoms with Gasteiger partial charge in [0.05, 0.1) is 5.69 Å². The molecule has 7 nitrogen and oxygen atoms in total. The number of fused-ring (bicyclic) bond motifs is 1. The van der Waals surface area contributed by atoms with Gasteiger partial charge in [-0.25, -0.2) is 4.98 Å². The first-order chi connectivity index (χ1) is 14.6. The number of allylic oxidation sites excluding steroid dienone is 1. The van der Waals surface area contributed by atoms with Gasteiger partial charge in [0.15, 0.2) is 0 Å². The fraction of sp³-hybridized carbons (Fsp3) is 0.652. The number of hydrogen-bond acceptors (Lipinski definition) is 6. The van der Waals surface area contributed by atoms with Crippen LogP contribution in [0.4, 0.5) is 5.82 Å². The number of rotatable bonds is 7. The van der Waals surface area contributed by atoms with Crippen LogP contribution in [0, 0.1) is 12.8 Å². The van der Waals surface area contributed by atoms with Crippen molar-refractivity contribution in [3.63, 3.8) is 0 Å². The highest BCUT2D eigenvalue weighted by Gasteiger charge is 2.23. The molecule has 1 aliphatic carbocycles. The van der Waals surface area contributed by atoms with Crippen molar-refractivity contribution in [3.05, 3.63) is 23.2 Å². The molecule has 0 atom stereocenters. The van der Waals surface area contributed by atoms with Crippen molar-refractivity contribution in [3.8, 4) is 0 Å². The Morgan fingerprint density at radius 2 is 2.07 bits per heavy atom. The van der Waals surface area contributed by atoms with Gasteiger partial charge in [-0.3, -0.25) is 4.79 Å². The Balaban J connectivity index is 1.38. The molecule has 4 rings (SSSR count). The molecule has 0 radical (unpaired) electrons. The number of hydrogen-bond donors (Lipinski definition) is 1. The van der Waals surface area contributed by atoms with Gasteiger partial charge in [0.1, 0.15) is 17.0 Å². The Morgan fingerprint density at radius 1 is 1.23 bits per heavy atom. The van der Waals surface area contributed by atoms with Crippen molar-refractivity contribution < 1.29 is 9.32 Å². The Labute approximate surface area is 178 Å². The Kier molecular flexibility index (Phi) is 6.65. The van der Waals surface area contributed by atoms with Crippen LogP contribution in [0.25, 0.3) is 11.1 Å². The van der Waals surface area contributed by atoms with Crippen LogP contribution in [-0.4, -0.2) is 40.7 Å². The second-order valence-electron chi connectivity index (χ2n) is 8.79. The van der Waals surface area contributed by atoms with Crippen LogP contribution >= 0.6 is 0 Å². The zero-order valence-electron chi connectivity index (χ0n) is 18.2. The SMILES string of the molecule is Cc1noc2nc(CCC(=O)NCCC3=CCCCC3)nc(N3CCC(C)CC3)c12. The maximum Gasteiger partial charge on any atom is 0.263 e. The quantitative estimate of drug-likeness (QED) is 0.691. The molecule has 1 fully saturated rings. The van der Waals surface area contributed by atoms with Crippen LogP contribution in [0.2, 0.25) is 0 Å². The molecule has 1 saturated heterocycles. The van der Waals surface area contributed by atoms with Gasteiger partial charge < -0.3 is 14.7 Å². The first-order valence-corrected chi connectivity index (χ1v) is 11.4. The van der Waals surface area contributed by atoms with E-state index in [1.807, 2.05) is 6.92 Å². The summed E-state index contributed by atoms with van der Waals surface area (Å²) < 4.78 is 5.45. The molecule has 162 valence electrons. The number of anilines is 1. The number of amides is 1.